The number of hydrogen-bond acceptors (Lipinski definition) is 3. The summed E-state index contributed by atoms with van der Waals surface area (Å²) in [7, 11) is 4.40. The summed E-state index contributed by atoms with van der Waals surface area (Å²) in [6.45, 7) is 4.43. The molecule has 12 heavy (non-hydrogen) atoms. The van der Waals surface area contributed by atoms with Gasteiger partial charge in [0.25, 0.3) is 0 Å². The van der Waals surface area contributed by atoms with E-state index in [-0.39, 0.29) is 0 Å². The number of hydrogen-bond donors (Lipinski definition) is 1. The third kappa shape index (κ3) is 2.73. The van der Waals surface area contributed by atoms with Gasteiger partial charge in [-0.1, -0.05) is 0 Å². The van der Waals surface area contributed by atoms with Crippen LogP contribution in [-0.4, -0.2) is 56.1 Å². The number of likely N-dealkylation sites (N-methyl/N-ethyl adjacent to an activating group) is 2. The lowest BCUT2D eigenvalue weighted by molar-refractivity contribution is 0.240. The lowest BCUT2D eigenvalue weighted by Crippen LogP contribution is -2.35. The van der Waals surface area contributed by atoms with E-state index in [9.17, 15) is 0 Å². The highest BCUT2D eigenvalue weighted by Gasteiger charge is 2.22. The second kappa shape index (κ2) is 4.80. The third-order valence-corrected chi connectivity index (χ3v) is 2.70. The van der Waals surface area contributed by atoms with Crippen LogP contribution in [-0.2, 0) is 0 Å². The van der Waals surface area contributed by atoms with Gasteiger partial charge in [0.15, 0.2) is 0 Å². The molecule has 1 unspecified atom stereocenters. The SMILES string of the molecule is CN1CCC(N(C)CCCN)C1. The lowest BCUT2D eigenvalue weighted by Gasteiger charge is -2.23. The lowest BCUT2D eigenvalue weighted by atomic mass is 10.2. The molecule has 0 aromatic heterocycles. The molecule has 1 saturated heterocycles. The summed E-state index contributed by atoms with van der Waals surface area (Å²) in [6, 6.07) is 0.765. The topological polar surface area (TPSA) is 32.5 Å². The number of nitrogens with two attached hydrogens (primary N) is 1. The Labute approximate surface area is 75.5 Å². The van der Waals surface area contributed by atoms with Crippen molar-refractivity contribution >= 4 is 0 Å². The smallest absolute Gasteiger partial charge is 0.0232 e. The summed E-state index contributed by atoms with van der Waals surface area (Å²) in [4.78, 5) is 4.83. The summed E-state index contributed by atoms with van der Waals surface area (Å²) in [5.41, 5.74) is 5.47. The Morgan fingerprint density at radius 3 is 2.83 bits per heavy atom. The average Bonchev–Trinajstić information content (AvgIpc) is 2.47. The van der Waals surface area contributed by atoms with E-state index in [2.05, 4.69) is 23.9 Å². The van der Waals surface area contributed by atoms with Crippen molar-refractivity contribution in [3.05, 3.63) is 0 Å². The van der Waals surface area contributed by atoms with Crippen LogP contribution < -0.4 is 5.73 Å². The van der Waals surface area contributed by atoms with Gasteiger partial charge >= 0.3 is 0 Å². The first kappa shape index (κ1) is 9.96. The van der Waals surface area contributed by atoms with Crippen molar-refractivity contribution in [2.24, 2.45) is 5.73 Å². The van der Waals surface area contributed by atoms with E-state index < -0.39 is 0 Å². The van der Waals surface area contributed by atoms with Crippen LogP contribution in [0.5, 0.6) is 0 Å². The summed E-state index contributed by atoms with van der Waals surface area (Å²) < 4.78 is 0. The van der Waals surface area contributed by atoms with Crippen LogP contribution in [0, 0.1) is 0 Å². The molecule has 1 rings (SSSR count). The molecule has 1 aliphatic rings. The van der Waals surface area contributed by atoms with E-state index in [4.69, 9.17) is 5.73 Å². The molecule has 2 N–H and O–H groups in total. The van der Waals surface area contributed by atoms with Gasteiger partial charge in [0.05, 0.1) is 0 Å². The molecule has 1 atom stereocenters. The maximum atomic E-state index is 5.47. The van der Waals surface area contributed by atoms with Gasteiger partial charge in [-0.15, -0.1) is 0 Å². The zero-order chi connectivity index (χ0) is 8.97. The molecule has 1 heterocycles. The summed E-state index contributed by atoms with van der Waals surface area (Å²) >= 11 is 0. The molecule has 3 nitrogen and oxygen atoms in total. The Hall–Kier alpha value is -0.120. The van der Waals surface area contributed by atoms with Gasteiger partial charge in [-0.25, -0.2) is 0 Å². The van der Waals surface area contributed by atoms with Crippen molar-refractivity contribution in [3.8, 4) is 0 Å². The quantitative estimate of drug-likeness (QED) is 0.645. The monoisotopic (exact) mass is 171 g/mol. The van der Waals surface area contributed by atoms with E-state index in [1.54, 1.807) is 0 Å². The second-order valence-electron chi connectivity index (χ2n) is 3.83. The molecule has 0 aliphatic carbocycles. The first-order valence-electron chi connectivity index (χ1n) is 4.83. The van der Waals surface area contributed by atoms with Crippen molar-refractivity contribution in [3.63, 3.8) is 0 Å². The molecule has 1 fully saturated rings. The van der Waals surface area contributed by atoms with Crippen LogP contribution in [0.3, 0.4) is 0 Å². The van der Waals surface area contributed by atoms with Gasteiger partial charge in [0.2, 0.25) is 0 Å². The molecule has 0 bridgehead atoms. The fraction of sp³-hybridized carbons (Fsp3) is 1.00. The van der Waals surface area contributed by atoms with Crippen LogP contribution >= 0.6 is 0 Å². The second-order valence-corrected chi connectivity index (χ2v) is 3.83. The largest absolute Gasteiger partial charge is 0.330 e. The van der Waals surface area contributed by atoms with Crippen LogP contribution in [0.2, 0.25) is 0 Å². The number of likely N-dealkylation sites (tertiary alicyclic amines) is 1. The van der Waals surface area contributed by atoms with E-state index in [1.165, 1.54) is 19.5 Å². The zero-order valence-corrected chi connectivity index (χ0v) is 8.29. The van der Waals surface area contributed by atoms with Crippen molar-refractivity contribution in [1.29, 1.82) is 0 Å². The standard InChI is InChI=1S/C9H21N3/c1-11-7-4-9(8-11)12(2)6-3-5-10/h9H,3-8,10H2,1-2H3. The van der Waals surface area contributed by atoms with Crippen LogP contribution in [0.15, 0.2) is 0 Å². The van der Waals surface area contributed by atoms with Gasteiger partial charge in [-0.3, -0.25) is 0 Å². The number of rotatable bonds is 4. The molecule has 3 heteroatoms. The van der Waals surface area contributed by atoms with Crippen molar-refractivity contribution in [1.82, 2.24) is 9.80 Å². The Balaban J connectivity index is 2.18. The Kier molecular flexibility index (Phi) is 3.98. The van der Waals surface area contributed by atoms with Crippen molar-refractivity contribution < 1.29 is 0 Å². The molecule has 0 radical (unpaired) electrons. The molecular formula is C9H21N3. The molecule has 0 aromatic rings. The maximum absolute atomic E-state index is 5.47. The Bertz CT molecular complexity index is 127. The van der Waals surface area contributed by atoms with Crippen LogP contribution in [0.4, 0.5) is 0 Å². The third-order valence-electron chi connectivity index (χ3n) is 2.70. The van der Waals surface area contributed by atoms with Crippen LogP contribution in [0.1, 0.15) is 12.8 Å². The molecule has 72 valence electrons. The fourth-order valence-corrected chi connectivity index (χ4v) is 1.79. The first-order chi connectivity index (χ1) is 5.74. The molecule has 0 aromatic carbocycles. The maximum Gasteiger partial charge on any atom is 0.0232 e. The summed E-state index contributed by atoms with van der Waals surface area (Å²) in [5, 5.41) is 0. The zero-order valence-electron chi connectivity index (χ0n) is 8.29. The normalized spacial score (nSPS) is 25.5. The highest BCUT2D eigenvalue weighted by Crippen LogP contribution is 2.12. The van der Waals surface area contributed by atoms with Gasteiger partial charge in [-0.2, -0.15) is 0 Å². The highest BCUT2D eigenvalue weighted by molar-refractivity contribution is 4.79. The predicted molar refractivity (Wildman–Crippen MR) is 52.2 cm³/mol. The van der Waals surface area contributed by atoms with Gasteiger partial charge < -0.3 is 15.5 Å². The minimum absolute atomic E-state index is 0.765. The summed E-state index contributed by atoms with van der Waals surface area (Å²) in [6.07, 6.45) is 2.44. The first-order valence-corrected chi connectivity index (χ1v) is 4.83. The van der Waals surface area contributed by atoms with E-state index >= 15 is 0 Å². The fourth-order valence-electron chi connectivity index (χ4n) is 1.79. The minimum atomic E-state index is 0.765. The van der Waals surface area contributed by atoms with Gasteiger partial charge in [-0.05, 0) is 46.6 Å². The molecule has 0 amide bonds. The minimum Gasteiger partial charge on any atom is -0.330 e. The molecule has 0 saturated carbocycles. The Morgan fingerprint density at radius 2 is 2.33 bits per heavy atom. The molecule has 1 aliphatic heterocycles. The van der Waals surface area contributed by atoms with Crippen molar-refractivity contribution in [2.45, 2.75) is 18.9 Å². The number of nitrogens with zero attached hydrogens (tertiary/aromatic N) is 2. The Morgan fingerprint density at radius 1 is 1.58 bits per heavy atom. The molecular weight excluding hydrogens is 150 g/mol. The van der Waals surface area contributed by atoms with Gasteiger partial charge in [0.1, 0.15) is 0 Å². The average molecular weight is 171 g/mol. The summed E-state index contributed by atoms with van der Waals surface area (Å²) in [5.74, 6) is 0. The van der Waals surface area contributed by atoms with Crippen molar-refractivity contribution in [2.75, 3.05) is 40.3 Å². The predicted octanol–water partition coefficient (Wildman–Crippen LogP) is -0.0289. The van der Waals surface area contributed by atoms with E-state index in [1.807, 2.05) is 0 Å². The molecule has 0 spiro atoms. The van der Waals surface area contributed by atoms with E-state index in [0.29, 0.717) is 0 Å². The van der Waals surface area contributed by atoms with Crippen LogP contribution in [0.25, 0.3) is 0 Å². The van der Waals surface area contributed by atoms with E-state index in [0.717, 1.165) is 25.6 Å². The highest BCUT2D eigenvalue weighted by atomic mass is 15.2. The van der Waals surface area contributed by atoms with Gasteiger partial charge in [0, 0.05) is 12.6 Å².